The molecular formula is C11H12N4. The molecule has 5 N–H and O–H groups in total. The van der Waals surface area contributed by atoms with Gasteiger partial charge in [0.15, 0.2) is 0 Å². The summed E-state index contributed by atoms with van der Waals surface area (Å²) in [6.45, 7) is 0. The molecule has 0 atom stereocenters. The lowest BCUT2D eigenvalue weighted by molar-refractivity contribution is 1.32. The highest BCUT2D eigenvalue weighted by atomic mass is 15.0. The zero-order valence-corrected chi connectivity index (χ0v) is 8.14. The second-order valence-corrected chi connectivity index (χ2v) is 3.16. The van der Waals surface area contributed by atoms with Crippen LogP contribution in [0.3, 0.4) is 0 Å². The summed E-state index contributed by atoms with van der Waals surface area (Å²) in [4.78, 5) is 4.11. The van der Waals surface area contributed by atoms with E-state index in [1.807, 2.05) is 30.3 Å². The molecule has 0 saturated heterocycles. The third-order valence-corrected chi connectivity index (χ3v) is 2.00. The van der Waals surface area contributed by atoms with E-state index in [4.69, 9.17) is 11.5 Å². The minimum atomic E-state index is 0.343. The molecule has 0 aliphatic heterocycles. The normalized spacial score (nSPS) is 9.87. The first-order chi connectivity index (χ1) is 7.25. The van der Waals surface area contributed by atoms with Gasteiger partial charge >= 0.3 is 0 Å². The molecule has 0 fully saturated rings. The summed E-state index contributed by atoms with van der Waals surface area (Å²) in [6.07, 6.45) is 0. The van der Waals surface area contributed by atoms with Crippen molar-refractivity contribution in [2.45, 2.75) is 0 Å². The molecule has 4 heteroatoms. The number of aromatic nitrogens is 1. The van der Waals surface area contributed by atoms with Crippen LogP contribution in [0.15, 0.2) is 42.5 Å². The van der Waals surface area contributed by atoms with Crippen LogP contribution in [0.5, 0.6) is 0 Å². The summed E-state index contributed by atoms with van der Waals surface area (Å²) in [6, 6.07) is 13.3. The molecule has 1 aromatic carbocycles. The molecule has 0 aliphatic carbocycles. The number of nitrogens with one attached hydrogen (secondary N) is 1. The van der Waals surface area contributed by atoms with Crippen molar-refractivity contribution in [1.82, 2.24) is 4.98 Å². The SMILES string of the molecule is Nc1ccc(Nc2ccccc2)nc1N. The monoisotopic (exact) mass is 200 g/mol. The number of hydrogen-bond acceptors (Lipinski definition) is 4. The second-order valence-electron chi connectivity index (χ2n) is 3.16. The van der Waals surface area contributed by atoms with E-state index in [-0.39, 0.29) is 0 Å². The summed E-state index contributed by atoms with van der Waals surface area (Å²) in [5.41, 5.74) is 12.6. The molecule has 0 bridgehead atoms. The van der Waals surface area contributed by atoms with Crippen LogP contribution in [-0.2, 0) is 0 Å². The van der Waals surface area contributed by atoms with Crippen LogP contribution in [0, 0.1) is 0 Å². The Balaban J connectivity index is 2.22. The molecule has 1 heterocycles. The number of hydrogen-bond donors (Lipinski definition) is 3. The van der Waals surface area contributed by atoms with E-state index in [0.717, 1.165) is 5.69 Å². The van der Waals surface area contributed by atoms with Crippen LogP contribution in [0.25, 0.3) is 0 Å². The van der Waals surface area contributed by atoms with Crippen molar-refractivity contribution in [2.24, 2.45) is 0 Å². The molecule has 0 spiro atoms. The topological polar surface area (TPSA) is 77.0 Å². The van der Waals surface area contributed by atoms with Crippen molar-refractivity contribution in [3.63, 3.8) is 0 Å². The van der Waals surface area contributed by atoms with Gasteiger partial charge in [-0.15, -0.1) is 0 Å². The van der Waals surface area contributed by atoms with Crippen LogP contribution in [0.2, 0.25) is 0 Å². The quantitative estimate of drug-likeness (QED) is 0.692. The molecule has 0 saturated carbocycles. The van der Waals surface area contributed by atoms with E-state index in [1.165, 1.54) is 0 Å². The van der Waals surface area contributed by atoms with Crippen molar-refractivity contribution >= 4 is 23.0 Å². The largest absolute Gasteiger partial charge is 0.396 e. The maximum Gasteiger partial charge on any atom is 0.149 e. The van der Waals surface area contributed by atoms with Gasteiger partial charge in [0.2, 0.25) is 0 Å². The fourth-order valence-corrected chi connectivity index (χ4v) is 1.22. The predicted molar refractivity (Wildman–Crippen MR) is 62.8 cm³/mol. The van der Waals surface area contributed by atoms with Crippen molar-refractivity contribution in [1.29, 1.82) is 0 Å². The first kappa shape index (κ1) is 9.33. The molecule has 0 amide bonds. The van der Waals surface area contributed by atoms with E-state index in [1.54, 1.807) is 12.1 Å². The zero-order chi connectivity index (χ0) is 10.7. The number of nitrogens with two attached hydrogens (primary N) is 2. The molecule has 1 aromatic heterocycles. The highest BCUT2D eigenvalue weighted by Crippen LogP contribution is 2.18. The first-order valence-electron chi connectivity index (χ1n) is 4.60. The Morgan fingerprint density at radius 2 is 1.67 bits per heavy atom. The molecule has 76 valence electrons. The van der Waals surface area contributed by atoms with Crippen molar-refractivity contribution in [2.75, 3.05) is 16.8 Å². The van der Waals surface area contributed by atoms with Gasteiger partial charge in [0, 0.05) is 5.69 Å². The number of anilines is 4. The van der Waals surface area contributed by atoms with Gasteiger partial charge in [-0.25, -0.2) is 4.98 Å². The molecule has 0 aliphatic rings. The molecular weight excluding hydrogens is 188 g/mol. The van der Waals surface area contributed by atoms with E-state index in [2.05, 4.69) is 10.3 Å². The van der Waals surface area contributed by atoms with Gasteiger partial charge in [0.25, 0.3) is 0 Å². The third-order valence-electron chi connectivity index (χ3n) is 2.00. The smallest absolute Gasteiger partial charge is 0.149 e. The van der Waals surface area contributed by atoms with Crippen LogP contribution in [0.4, 0.5) is 23.0 Å². The van der Waals surface area contributed by atoms with E-state index in [0.29, 0.717) is 17.3 Å². The van der Waals surface area contributed by atoms with Crippen molar-refractivity contribution in [3.05, 3.63) is 42.5 Å². The molecule has 2 rings (SSSR count). The Labute approximate surface area is 87.9 Å². The van der Waals surface area contributed by atoms with Crippen LogP contribution in [-0.4, -0.2) is 4.98 Å². The maximum atomic E-state index is 5.60. The maximum absolute atomic E-state index is 5.60. The summed E-state index contributed by atoms with van der Waals surface area (Å²) < 4.78 is 0. The van der Waals surface area contributed by atoms with Gasteiger partial charge in [-0.05, 0) is 24.3 Å². The number of nitrogens with zero attached hydrogens (tertiary/aromatic N) is 1. The average molecular weight is 200 g/mol. The van der Waals surface area contributed by atoms with Crippen molar-refractivity contribution < 1.29 is 0 Å². The Morgan fingerprint density at radius 1 is 0.933 bits per heavy atom. The lowest BCUT2D eigenvalue weighted by Gasteiger charge is -2.06. The van der Waals surface area contributed by atoms with Gasteiger partial charge in [-0.2, -0.15) is 0 Å². The Bertz CT molecular complexity index is 453. The molecule has 0 unspecified atom stereocenters. The molecule has 4 nitrogen and oxygen atoms in total. The Kier molecular flexibility index (Phi) is 2.41. The van der Waals surface area contributed by atoms with Crippen LogP contribution >= 0.6 is 0 Å². The number of pyridine rings is 1. The van der Waals surface area contributed by atoms with E-state index >= 15 is 0 Å². The van der Waals surface area contributed by atoms with Gasteiger partial charge in [0.05, 0.1) is 5.69 Å². The van der Waals surface area contributed by atoms with Crippen LogP contribution < -0.4 is 16.8 Å². The first-order valence-corrected chi connectivity index (χ1v) is 4.60. The van der Waals surface area contributed by atoms with Gasteiger partial charge < -0.3 is 16.8 Å². The second kappa shape index (κ2) is 3.88. The number of benzene rings is 1. The number of rotatable bonds is 2. The lowest BCUT2D eigenvalue weighted by Crippen LogP contribution is -2.00. The Morgan fingerprint density at radius 3 is 2.33 bits per heavy atom. The molecule has 0 radical (unpaired) electrons. The third kappa shape index (κ3) is 2.17. The Hall–Kier alpha value is -2.23. The summed E-state index contributed by atoms with van der Waals surface area (Å²) in [7, 11) is 0. The van der Waals surface area contributed by atoms with Gasteiger partial charge in [-0.3, -0.25) is 0 Å². The zero-order valence-electron chi connectivity index (χ0n) is 8.14. The van der Waals surface area contributed by atoms with Crippen LogP contribution in [0.1, 0.15) is 0 Å². The summed E-state index contributed by atoms with van der Waals surface area (Å²) >= 11 is 0. The lowest BCUT2D eigenvalue weighted by atomic mass is 10.3. The predicted octanol–water partition coefficient (Wildman–Crippen LogP) is 1.99. The van der Waals surface area contributed by atoms with Gasteiger partial charge in [-0.1, -0.05) is 18.2 Å². The summed E-state index contributed by atoms with van der Waals surface area (Å²) in [5, 5.41) is 3.13. The number of nitrogen functional groups attached to an aromatic ring is 2. The van der Waals surface area contributed by atoms with E-state index in [9.17, 15) is 0 Å². The number of para-hydroxylation sites is 1. The molecule has 15 heavy (non-hydrogen) atoms. The minimum Gasteiger partial charge on any atom is -0.396 e. The highest BCUT2D eigenvalue weighted by Gasteiger charge is 1.98. The fraction of sp³-hybridized carbons (Fsp3) is 0. The fourth-order valence-electron chi connectivity index (χ4n) is 1.22. The minimum absolute atomic E-state index is 0.343. The average Bonchev–Trinajstić information content (AvgIpc) is 2.25. The van der Waals surface area contributed by atoms with Crippen molar-refractivity contribution in [3.8, 4) is 0 Å². The van der Waals surface area contributed by atoms with E-state index < -0.39 is 0 Å². The highest BCUT2D eigenvalue weighted by molar-refractivity contribution is 5.65. The summed E-state index contributed by atoms with van der Waals surface area (Å²) in [5.74, 6) is 1.03. The molecule has 2 aromatic rings. The standard InChI is InChI=1S/C11H12N4/c12-9-6-7-10(15-11(9)13)14-8-4-2-1-3-5-8/h1-7H,12H2,(H3,13,14,15). The van der Waals surface area contributed by atoms with Gasteiger partial charge in [0.1, 0.15) is 11.6 Å².